The molecular weight excluding hydrogens is 108 g/mol. The summed E-state index contributed by atoms with van der Waals surface area (Å²) in [5, 5.41) is 0. The van der Waals surface area contributed by atoms with Crippen molar-refractivity contribution in [3.63, 3.8) is 0 Å². The Labute approximate surface area is 57.6 Å². The zero-order valence-electron chi connectivity index (χ0n) is 6.43. The standard InChI is InChI=1S/C9H16/c1-6-3-9-5-8(6)4-7(9)2/h6-9H,3-5H2,1-2H3. The van der Waals surface area contributed by atoms with E-state index in [4.69, 9.17) is 0 Å². The molecule has 0 heteroatoms. The average molecular weight is 124 g/mol. The molecule has 0 aromatic carbocycles. The molecule has 2 bridgehead atoms. The molecule has 0 spiro atoms. The summed E-state index contributed by atoms with van der Waals surface area (Å²) < 4.78 is 0. The van der Waals surface area contributed by atoms with Crippen LogP contribution < -0.4 is 0 Å². The Hall–Kier alpha value is 0. The predicted octanol–water partition coefficient (Wildman–Crippen LogP) is 2.69. The van der Waals surface area contributed by atoms with Gasteiger partial charge < -0.3 is 0 Å². The second kappa shape index (κ2) is 1.74. The van der Waals surface area contributed by atoms with E-state index in [0.29, 0.717) is 0 Å². The first-order valence-electron chi connectivity index (χ1n) is 4.27. The molecule has 4 unspecified atom stereocenters. The Morgan fingerprint density at radius 1 is 0.778 bits per heavy atom. The van der Waals surface area contributed by atoms with Crippen LogP contribution in [0, 0.1) is 23.7 Å². The van der Waals surface area contributed by atoms with Gasteiger partial charge in [-0.3, -0.25) is 0 Å². The molecule has 2 saturated carbocycles. The van der Waals surface area contributed by atoms with E-state index >= 15 is 0 Å². The highest BCUT2D eigenvalue weighted by molar-refractivity contribution is 4.91. The first-order valence-corrected chi connectivity index (χ1v) is 4.27. The van der Waals surface area contributed by atoms with E-state index in [1.807, 2.05) is 0 Å². The van der Waals surface area contributed by atoms with Crippen LogP contribution in [0.3, 0.4) is 0 Å². The molecule has 2 fully saturated rings. The monoisotopic (exact) mass is 124 g/mol. The first kappa shape index (κ1) is 5.76. The normalized spacial score (nSPS) is 56.7. The van der Waals surface area contributed by atoms with E-state index in [-0.39, 0.29) is 0 Å². The van der Waals surface area contributed by atoms with Crippen molar-refractivity contribution in [3.8, 4) is 0 Å². The molecule has 0 aromatic heterocycles. The lowest BCUT2D eigenvalue weighted by Gasteiger charge is -2.21. The predicted molar refractivity (Wildman–Crippen MR) is 39.2 cm³/mol. The van der Waals surface area contributed by atoms with Crippen LogP contribution in [-0.4, -0.2) is 0 Å². The van der Waals surface area contributed by atoms with Gasteiger partial charge >= 0.3 is 0 Å². The van der Waals surface area contributed by atoms with Crippen molar-refractivity contribution >= 4 is 0 Å². The molecule has 0 aliphatic heterocycles. The summed E-state index contributed by atoms with van der Waals surface area (Å²) in [5.41, 5.74) is 0. The largest absolute Gasteiger partial charge is 0.0622 e. The minimum absolute atomic E-state index is 1.06. The molecule has 0 nitrogen and oxygen atoms in total. The molecule has 4 atom stereocenters. The fraction of sp³-hybridized carbons (Fsp3) is 1.00. The molecule has 0 heterocycles. The number of hydrogen-bond donors (Lipinski definition) is 0. The Bertz CT molecular complexity index is 99.2. The minimum atomic E-state index is 1.06. The fourth-order valence-corrected chi connectivity index (χ4v) is 2.85. The molecule has 9 heavy (non-hydrogen) atoms. The molecule has 52 valence electrons. The van der Waals surface area contributed by atoms with Crippen LogP contribution in [0.25, 0.3) is 0 Å². The van der Waals surface area contributed by atoms with Gasteiger partial charge in [-0.15, -0.1) is 0 Å². The Morgan fingerprint density at radius 2 is 1.22 bits per heavy atom. The van der Waals surface area contributed by atoms with E-state index in [1.165, 1.54) is 12.8 Å². The Balaban J connectivity index is 2.10. The van der Waals surface area contributed by atoms with Crippen molar-refractivity contribution in [1.82, 2.24) is 0 Å². The second-order valence-electron chi connectivity index (χ2n) is 4.18. The van der Waals surface area contributed by atoms with Gasteiger partial charge in [0, 0.05) is 0 Å². The molecule has 2 aliphatic carbocycles. The van der Waals surface area contributed by atoms with Gasteiger partial charge in [-0.25, -0.2) is 0 Å². The van der Waals surface area contributed by atoms with Crippen LogP contribution in [0.4, 0.5) is 0 Å². The number of fused-ring (bicyclic) bond motifs is 2. The van der Waals surface area contributed by atoms with E-state index < -0.39 is 0 Å². The van der Waals surface area contributed by atoms with Gasteiger partial charge in [0.25, 0.3) is 0 Å². The molecule has 2 rings (SSSR count). The molecular formula is C9H16. The topological polar surface area (TPSA) is 0 Å². The van der Waals surface area contributed by atoms with E-state index in [9.17, 15) is 0 Å². The maximum absolute atomic E-state index is 2.43. The smallest absolute Gasteiger partial charge is 0.0383 e. The lowest BCUT2D eigenvalue weighted by atomic mass is 9.84. The quantitative estimate of drug-likeness (QED) is 0.465. The van der Waals surface area contributed by atoms with Crippen LogP contribution in [0.15, 0.2) is 0 Å². The molecule has 0 aromatic rings. The van der Waals surface area contributed by atoms with Gasteiger partial charge in [0.1, 0.15) is 0 Å². The van der Waals surface area contributed by atoms with Gasteiger partial charge in [-0.05, 0) is 42.9 Å². The summed E-state index contributed by atoms with van der Waals surface area (Å²) in [7, 11) is 0. The van der Waals surface area contributed by atoms with Crippen LogP contribution in [0.5, 0.6) is 0 Å². The van der Waals surface area contributed by atoms with Crippen molar-refractivity contribution in [2.75, 3.05) is 0 Å². The van der Waals surface area contributed by atoms with Crippen LogP contribution in [0.2, 0.25) is 0 Å². The maximum atomic E-state index is 2.43. The van der Waals surface area contributed by atoms with E-state index in [0.717, 1.165) is 23.7 Å². The summed E-state index contributed by atoms with van der Waals surface area (Å²) in [6, 6.07) is 0. The third kappa shape index (κ3) is 0.720. The van der Waals surface area contributed by atoms with Crippen molar-refractivity contribution in [1.29, 1.82) is 0 Å². The first-order chi connectivity index (χ1) is 4.27. The third-order valence-electron chi connectivity index (χ3n) is 3.56. The molecule has 2 aliphatic rings. The zero-order chi connectivity index (χ0) is 6.43. The molecule has 0 radical (unpaired) electrons. The molecule has 0 amide bonds. The average Bonchev–Trinajstić information content (AvgIpc) is 2.24. The lowest BCUT2D eigenvalue weighted by Crippen LogP contribution is -2.12. The van der Waals surface area contributed by atoms with Crippen molar-refractivity contribution in [2.24, 2.45) is 23.7 Å². The Morgan fingerprint density at radius 3 is 1.44 bits per heavy atom. The van der Waals surface area contributed by atoms with Gasteiger partial charge in [0.15, 0.2) is 0 Å². The van der Waals surface area contributed by atoms with Crippen molar-refractivity contribution < 1.29 is 0 Å². The highest BCUT2D eigenvalue weighted by atomic mass is 14.5. The van der Waals surface area contributed by atoms with Crippen LogP contribution in [0.1, 0.15) is 33.1 Å². The molecule has 0 saturated heterocycles. The highest BCUT2D eigenvalue weighted by Crippen LogP contribution is 2.51. The van der Waals surface area contributed by atoms with Gasteiger partial charge in [-0.2, -0.15) is 0 Å². The maximum Gasteiger partial charge on any atom is -0.0383 e. The summed E-state index contributed by atoms with van der Waals surface area (Å²) >= 11 is 0. The van der Waals surface area contributed by atoms with Gasteiger partial charge in [0.2, 0.25) is 0 Å². The third-order valence-corrected chi connectivity index (χ3v) is 3.56. The minimum Gasteiger partial charge on any atom is -0.0622 e. The second-order valence-corrected chi connectivity index (χ2v) is 4.18. The van der Waals surface area contributed by atoms with Gasteiger partial charge in [0.05, 0.1) is 0 Å². The number of rotatable bonds is 0. The summed E-state index contributed by atoms with van der Waals surface area (Å²) in [5.74, 6) is 4.35. The SMILES string of the molecule is CC1CC2CC1CC2C. The van der Waals surface area contributed by atoms with E-state index in [2.05, 4.69) is 13.8 Å². The number of hydrogen-bond acceptors (Lipinski definition) is 0. The van der Waals surface area contributed by atoms with Crippen LogP contribution >= 0.6 is 0 Å². The van der Waals surface area contributed by atoms with Crippen molar-refractivity contribution in [3.05, 3.63) is 0 Å². The highest BCUT2D eigenvalue weighted by Gasteiger charge is 2.41. The summed E-state index contributed by atoms with van der Waals surface area (Å²) in [6.45, 7) is 4.85. The lowest BCUT2D eigenvalue weighted by molar-refractivity contribution is 0.288. The van der Waals surface area contributed by atoms with Crippen molar-refractivity contribution in [2.45, 2.75) is 33.1 Å². The van der Waals surface area contributed by atoms with Gasteiger partial charge in [-0.1, -0.05) is 13.8 Å². The van der Waals surface area contributed by atoms with Crippen LogP contribution in [-0.2, 0) is 0 Å². The van der Waals surface area contributed by atoms with E-state index in [1.54, 1.807) is 6.42 Å². The zero-order valence-corrected chi connectivity index (χ0v) is 6.43. The Kier molecular flexibility index (Phi) is 1.12. The summed E-state index contributed by atoms with van der Waals surface area (Å²) in [6.07, 6.45) is 4.62. The fourth-order valence-electron chi connectivity index (χ4n) is 2.85. The summed E-state index contributed by atoms with van der Waals surface area (Å²) in [4.78, 5) is 0. The molecule has 0 N–H and O–H groups in total.